The van der Waals surface area contributed by atoms with Gasteiger partial charge in [0.25, 0.3) is 0 Å². The van der Waals surface area contributed by atoms with E-state index in [0.717, 1.165) is 18.8 Å². The molecule has 0 aliphatic rings. The van der Waals surface area contributed by atoms with Gasteiger partial charge in [-0.2, -0.15) is 0 Å². The third-order valence-electron chi connectivity index (χ3n) is 4.04. The van der Waals surface area contributed by atoms with Crippen LogP contribution in [-0.2, 0) is 0 Å². The van der Waals surface area contributed by atoms with Gasteiger partial charge in [-0.1, -0.05) is 32.9 Å². The number of hydrogen-bond acceptors (Lipinski definition) is 3. The Morgan fingerprint density at radius 2 is 1.95 bits per heavy atom. The average molecular weight is 278 g/mol. The maximum absolute atomic E-state index is 6.01. The van der Waals surface area contributed by atoms with Gasteiger partial charge >= 0.3 is 0 Å². The second-order valence-electron chi connectivity index (χ2n) is 5.82. The highest BCUT2D eigenvalue weighted by atomic mass is 16.5. The van der Waals surface area contributed by atoms with Crippen molar-refractivity contribution in [3.8, 4) is 5.75 Å². The molecule has 3 nitrogen and oxygen atoms in total. The van der Waals surface area contributed by atoms with Gasteiger partial charge in [0, 0.05) is 18.6 Å². The van der Waals surface area contributed by atoms with Crippen LogP contribution in [-0.4, -0.2) is 31.1 Å². The summed E-state index contributed by atoms with van der Waals surface area (Å²) in [5.74, 6) is 1.54. The highest BCUT2D eigenvalue weighted by Gasteiger charge is 2.22. The molecule has 0 amide bonds. The van der Waals surface area contributed by atoms with Gasteiger partial charge in [-0.3, -0.25) is 4.90 Å². The summed E-state index contributed by atoms with van der Waals surface area (Å²) in [5.41, 5.74) is 7.24. The SMILES string of the molecule is CCCOc1cccc(C(CN)N(C)C(C)C(C)C)c1. The molecule has 2 N–H and O–H groups in total. The number of ether oxygens (including phenoxy) is 1. The maximum Gasteiger partial charge on any atom is 0.119 e. The molecule has 1 rings (SSSR count). The van der Waals surface area contributed by atoms with Gasteiger partial charge in [0.15, 0.2) is 0 Å². The molecular weight excluding hydrogens is 248 g/mol. The zero-order valence-electron chi connectivity index (χ0n) is 13.6. The minimum Gasteiger partial charge on any atom is -0.494 e. The van der Waals surface area contributed by atoms with Gasteiger partial charge in [0.2, 0.25) is 0 Å². The lowest BCUT2D eigenvalue weighted by molar-refractivity contribution is 0.151. The predicted octanol–water partition coefficient (Wildman–Crippen LogP) is 3.45. The van der Waals surface area contributed by atoms with Gasteiger partial charge in [0.05, 0.1) is 6.61 Å². The van der Waals surface area contributed by atoms with Gasteiger partial charge in [-0.25, -0.2) is 0 Å². The molecule has 2 unspecified atom stereocenters. The second kappa shape index (κ2) is 8.28. The summed E-state index contributed by atoms with van der Waals surface area (Å²) in [4.78, 5) is 2.36. The van der Waals surface area contributed by atoms with Crippen LogP contribution in [0.5, 0.6) is 5.75 Å². The van der Waals surface area contributed by atoms with Crippen LogP contribution in [0.4, 0.5) is 0 Å². The van der Waals surface area contributed by atoms with E-state index >= 15 is 0 Å². The standard InChI is InChI=1S/C17H30N2O/c1-6-10-20-16-9-7-8-15(11-16)17(12-18)19(5)14(4)13(2)3/h7-9,11,13-14,17H,6,10,12,18H2,1-5H3. The molecule has 0 heterocycles. The molecule has 0 saturated heterocycles. The summed E-state index contributed by atoms with van der Waals surface area (Å²) in [6, 6.07) is 9.05. The fourth-order valence-corrected chi connectivity index (χ4v) is 2.32. The summed E-state index contributed by atoms with van der Waals surface area (Å²) in [6.45, 7) is 10.2. The second-order valence-corrected chi connectivity index (χ2v) is 5.82. The summed E-state index contributed by atoms with van der Waals surface area (Å²) >= 11 is 0. The fourth-order valence-electron chi connectivity index (χ4n) is 2.32. The van der Waals surface area contributed by atoms with Crippen molar-refractivity contribution in [2.45, 2.75) is 46.2 Å². The molecule has 0 radical (unpaired) electrons. The molecule has 0 aromatic heterocycles. The van der Waals surface area contributed by atoms with E-state index in [1.165, 1.54) is 5.56 Å². The molecule has 0 spiro atoms. The Morgan fingerprint density at radius 1 is 1.25 bits per heavy atom. The monoisotopic (exact) mass is 278 g/mol. The summed E-state index contributed by atoms with van der Waals surface area (Å²) in [7, 11) is 2.15. The summed E-state index contributed by atoms with van der Waals surface area (Å²) in [5, 5.41) is 0. The Balaban J connectivity index is 2.88. The van der Waals surface area contributed by atoms with E-state index < -0.39 is 0 Å². The van der Waals surface area contributed by atoms with Crippen LogP contribution >= 0.6 is 0 Å². The van der Waals surface area contributed by atoms with Gasteiger partial charge in [-0.05, 0) is 44.0 Å². The van der Waals surface area contributed by atoms with Crippen molar-refractivity contribution in [2.75, 3.05) is 20.2 Å². The molecular formula is C17H30N2O. The summed E-state index contributed by atoms with van der Waals surface area (Å²) < 4.78 is 5.72. The normalized spacial score (nSPS) is 14.6. The molecule has 0 aliphatic carbocycles. The predicted molar refractivity (Wildman–Crippen MR) is 86.1 cm³/mol. The van der Waals surface area contributed by atoms with Crippen molar-refractivity contribution in [3.05, 3.63) is 29.8 Å². The first-order valence-corrected chi connectivity index (χ1v) is 7.66. The molecule has 0 bridgehead atoms. The van der Waals surface area contributed by atoms with E-state index in [1.54, 1.807) is 0 Å². The molecule has 0 fully saturated rings. The number of nitrogens with two attached hydrogens (primary N) is 1. The van der Waals surface area contributed by atoms with Crippen LogP contribution in [0.3, 0.4) is 0 Å². The maximum atomic E-state index is 6.01. The molecule has 0 saturated carbocycles. The minimum atomic E-state index is 0.234. The van der Waals surface area contributed by atoms with E-state index in [1.807, 2.05) is 6.07 Å². The number of likely N-dealkylation sites (N-methyl/N-ethyl adjacent to an activating group) is 1. The highest BCUT2D eigenvalue weighted by molar-refractivity contribution is 5.31. The average Bonchev–Trinajstić information content (AvgIpc) is 2.45. The molecule has 3 heteroatoms. The molecule has 20 heavy (non-hydrogen) atoms. The van der Waals surface area contributed by atoms with Crippen LogP contribution in [0.15, 0.2) is 24.3 Å². The van der Waals surface area contributed by atoms with E-state index in [4.69, 9.17) is 10.5 Å². The van der Waals surface area contributed by atoms with Crippen molar-refractivity contribution in [1.82, 2.24) is 4.90 Å². The van der Waals surface area contributed by atoms with E-state index in [0.29, 0.717) is 18.5 Å². The zero-order chi connectivity index (χ0) is 15.1. The van der Waals surface area contributed by atoms with Crippen molar-refractivity contribution in [2.24, 2.45) is 11.7 Å². The van der Waals surface area contributed by atoms with Crippen molar-refractivity contribution >= 4 is 0 Å². The van der Waals surface area contributed by atoms with E-state index in [-0.39, 0.29) is 6.04 Å². The lowest BCUT2D eigenvalue weighted by Crippen LogP contribution is -2.39. The van der Waals surface area contributed by atoms with Crippen LogP contribution < -0.4 is 10.5 Å². The minimum absolute atomic E-state index is 0.234. The number of benzene rings is 1. The molecule has 114 valence electrons. The topological polar surface area (TPSA) is 38.5 Å². The van der Waals surface area contributed by atoms with Crippen LogP contribution in [0, 0.1) is 5.92 Å². The van der Waals surface area contributed by atoms with E-state index in [2.05, 4.69) is 57.8 Å². The lowest BCUT2D eigenvalue weighted by Gasteiger charge is -2.35. The van der Waals surface area contributed by atoms with Crippen LogP contribution in [0.1, 0.15) is 45.7 Å². The Kier molecular flexibility index (Phi) is 7.03. The molecule has 0 aliphatic heterocycles. The zero-order valence-corrected chi connectivity index (χ0v) is 13.6. The Morgan fingerprint density at radius 3 is 2.50 bits per heavy atom. The first kappa shape index (κ1) is 17.0. The fraction of sp³-hybridized carbons (Fsp3) is 0.647. The van der Waals surface area contributed by atoms with Crippen LogP contribution in [0.25, 0.3) is 0 Å². The van der Waals surface area contributed by atoms with Crippen LogP contribution in [0.2, 0.25) is 0 Å². The molecule has 1 aromatic rings. The van der Waals surface area contributed by atoms with Crippen molar-refractivity contribution < 1.29 is 4.74 Å². The number of rotatable bonds is 8. The smallest absolute Gasteiger partial charge is 0.119 e. The quantitative estimate of drug-likeness (QED) is 0.791. The number of hydrogen-bond donors (Lipinski definition) is 1. The summed E-state index contributed by atoms with van der Waals surface area (Å²) in [6.07, 6.45) is 1.02. The van der Waals surface area contributed by atoms with Crippen molar-refractivity contribution in [3.63, 3.8) is 0 Å². The molecule has 2 atom stereocenters. The van der Waals surface area contributed by atoms with Gasteiger partial charge in [0.1, 0.15) is 5.75 Å². The Hall–Kier alpha value is -1.06. The van der Waals surface area contributed by atoms with E-state index in [9.17, 15) is 0 Å². The first-order valence-electron chi connectivity index (χ1n) is 7.66. The van der Waals surface area contributed by atoms with Gasteiger partial charge < -0.3 is 10.5 Å². The highest BCUT2D eigenvalue weighted by Crippen LogP contribution is 2.26. The first-order chi connectivity index (χ1) is 9.51. The van der Waals surface area contributed by atoms with Gasteiger partial charge in [-0.15, -0.1) is 0 Å². The van der Waals surface area contributed by atoms with Crippen molar-refractivity contribution in [1.29, 1.82) is 0 Å². The Bertz CT molecular complexity index is 392. The molecule has 1 aromatic carbocycles. The Labute approximate surface area is 124 Å². The third-order valence-corrected chi connectivity index (χ3v) is 4.04. The third kappa shape index (κ3) is 4.50. The number of nitrogens with zero attached hydrogens (tertiary/aromatic N) is 1. The largest absolute Gasteiger partial charge is 0.494 e. The lowest BCUT2D eigenvalue weighted by atomic mass is 9.99.